The molecule has 0 aliphatic carbocycles. The Morgan fingerprint density at radius 1 is 1.23 bits per heavy atom. The first-order valence-electron chi connectivity index (χ1n) is 8.87. The Bertz CT molecular complexity index is 832. The van der Waals surface area contributed by atoms with E-state index >= 15 is 0 Å². The highest BCUT2D eigenvalue weighted by molar-refractivity contribution is 6.35. The summed E-state index contributed by atoms with van der Waals surface area (Å²) in [7, 11) is 5.53. The summed E-state index contributed by atoms with van der Waals surface area (Å²) in [5, 5.41) is 7.30. The van der Waals surface area contributed by atoms with E-state index in [4.69, 9.17) is 11.6 Å². The average molecular weight is 377 g/mol. The zero-order valence-electron chi connectivity index (χ0n) is 15.4. The Labute approximate surface area is 158 Å². The van der Waals surface area contributed by atoms with Crippen molar-refractivity contribution in [3.8, 4) is 0 Å². The number of likely N-dealkylation sites (N-methyl/N-ethyl adjacent to an activating group) is 1. The van der Waals surface area contributed by atoms with Crippen LogP contribution < -0.4 is 10.6 Å². The fourth-order valence-corrected chi connectivity index (χ4v) is 4.09. The molecule has 7 heteroatoms. The molecule has 3 rings (SSSR count). The number of halogens is 1. The molecule has 0 spiro atoms. The number of aryl methyl sites for hydroxylation is 1. The first kappa shape index (κ1) is 18.7. The topological polar surface area (TPSA) is 66.4 Å². The van der Waals surface area contributed by atoms with Crippen molar-refractivity contribution < 1.29 is 9.59 Å². The summed E-state index contributed by atoms with van der Waals surface area (Å²) in [5.41, 5.74) is 1.46. The molecule has 1 aliphatic rings. The van der Waals surface area contributed by atoms with E-state index in [-0.39, 0.29) is 23.9 Å². The SMILES string of the molecule is CNC(=O)C[C@H]1CC[C@@H](CNC(=O)c2cc3cccc(Cl)c3n2C)N1C. The van der Waals surface area contributed by atoms with Gasteiger partial charge < -0.3 is 15.2 Å². The number of benzene rings is 1. The summed E-state index contributed by atoms with van der Waals surface area (Å²) in [6, 6.07) is 7.99. The van der Waals surface area contributed by atoms with Gasteiger partial charge in [-0.15, -0.1) is 0 Å². The summed E-state index contributed by atoms with van der Waals surface area (Å²) < 4.78 is 1.83. The van der Waals surface area contributed by atoms with Crippen molar-refractivity contribution in [3.05, 3.63) is 35.0 Å². The van der Waals surface area contributed by atoms with E-state index in [2.05, 4.69) is 15.5 Å². The lowest BCUT2D eigenvalue weighted by atomic mass is 10.1. The minimum absolute atomic E-state index is 0.0546. The lowest BCUT2D eigenvalue weighted by molar-refractivity contribution is -0.121. The van der Waals surface area contributed by atoms with Crippen molar-refractivity contribution in [3.63, 3.8) is 0 Å². The van der Waals surface area contributed by atoms with E-state index < -0.39 is 0 Å². The number of aromatic nitrogens is 1. The van der Waals surface area contributed by atoms with Gasteiger partial charge >= 0.3 is 0 Å². The molecule has 0 saturated carbocycles. The van der Waals surface area contributed by atoms with Crippen molar-refractivity contribution in [2.24, 2.45) is 7.05 Å². The predicted octanol–water partition coefficient (Wildman–Crippen LogP) is 2.16. The minimum Gasteiger partial charge on any atom is -0.359 e. The first-order chi connectivity index (χ1) is 12.4. The van der Waals surface area contributed by atoms with Gasteiger partial charge in [-0.05, 0) is 32.0 Å². The molecule has 2 aromatic rings. The normalized spacial score (nSPS) is 20.5. The number of nitrogens with one attached hydrogen (secondary N) is 2. The van der Waals surface area contributed by atoms with Gasteiger partial charge in [0.15, 0.2) is 0 Å². The van der Waals surface area contributed by atoms with Gasteiger partial charge in [0.25, 0.3) is 5.91 Å². The Morgan fingerprint density at radius 2 is 1.96 bits per heavy atom. The fourth-order valence-electron chi connectivity index (χ4n) is 3.78. The number of rotatable bonds is 5. The highest BCUT2D eigenvalue weighted by Gasteiger charge is 2.31. The highest BCUT2D eigenvalue weighted by atomic mass is 35.5. The van der Waals surface area contributed by atoms with Crippen LogP contribution in [0.25, 0.3) is 10.9 Å². The Balaban J connectivity index is 1.64. The third-order valence-corrected chi connectivity index (χ3v) is 5.73. The molecule has 2 atom stereocenters. The van der Waals surface area contributed by atoms with Gasteiger partial charge in [0, 0.05) is 44.5 Å². The van der Waals surface area contributed by atoms with E-state index in [9.17, 15) is 9.59 Å². The summed E-state index contributed by atoms with van der Waals surface area (Å²) in [6.07, 6.45) is 2.44. The van der Waals surface area contributed by atoms with Gasteiger partial charge in [-0.1, -0.05) is 23.7 Å². The molecule has 6 nitrogen and oxygen atoms in total. The van der Waals surface area contributed by atoms with Crippen LogP contribution in [0.1, 0.15) is 29.8 Å². The van der Waals surface area contributed by atoms with Crippen LogP contribution in [-0.4, -0.2) is 54.0 Å². The maximum atomic E-state index is 12.7. The van der Waals surface area contributed by atoms with E-state index in [0.717, 1.165) is 23.7 Å². The van der Waals surface area contributed by atoms with Crippen LogP contribution in [0.4, 0.5) is 0 Å². The second-order valence-corrected chi connectivity index (χ2v) is 7.31. The van der Waals surface area contributed by atoms with Crippen LogP contribution in [0.3, 0.4) is 0 Å². The third-order valence-electron chi connectivity index (χ3n) is 5.42. The lowest BCUT2D eigenvalue weighted by Gasteiger charge is -2.25. The molecule has 140 valence electrons. The Hall–Kier alpha value is -2.05. The highest BCUT2D eigenvalue weighted by Crippen LogP contribution is 2.27. The van der Waals surface area contributed by atoms with Crippen LogP contribution in [-0.2, 0) is 11.8 Å². The van der Waals surface area contributed by atoms with Crippen LogP contribution in [0, 0.1) is 0 Å². The lowest BCUT2D eigenvalue weighted by Crippen LogP contribution is -2.42. The van der Waals surface area contributed by atoms with Gasteiger partial charge in [0.2, 0.25) is 5.91 Å². The summed E-state index contributed by atoms with van der Waals surface area (Å²) in [4.78, 5) is 26.5. The van der Waals surface area contributed by atoms with Crippen molar-refractivity contribution in [2.45, 2.75) is 31.3 Å². The van der Waals surface area contributed by atoms with Crippen molar-refractivity contribution >= 4 is 34.3 Å². The maximum absolute atomic E-state index is 12.7. The van der Waals surface area contributed by atoms with Gasteiger partial charge in [-0.3, -0.25) is 14.5 Å². The molecular formula is C19H25ClN4O2. The molecule has 26 heavy (non-hydrogen) atoms. The zero-order chi connectivity index (χ0) is 18.8. The molecule has 2 heterocycles. The molecule has 2 amide bonds. The second kappa shape index (κ2) is 7.68. The molecule has 1 aliphatic heterocycles. The standard InChI is InChI=1S/C19H25ClN4O2/c1-21-17(25)10-13-7-8-14(23(13)2)11-22-19(26)16-9-12-5-4-6-15(20)18(12)24(16)3/h4-6,9,13-14H,7-8,10-11H2,1-3H3,(H,21,25)(H,22,26)/t13-,14+/m1/s1. The number of hydrogen-bond donors (Lipinski definition) is 2. The number of carbonyl (C=O) groups excluding carboxylic acids is 2. The van der Waals surface area contributed by atoms with E-state index in [1.165, 1.54) is 0 Å². The predicted molar refractivity (Wildman–Crippen MR) is 104 cm³/mol. The van der Waals surface area contributed by atoms with Gasteiger partial charge in [-0.25, -0.2) is 0 Å². The van der Waals surface area contributed by atoms with Crippen molar-refractivity contribution in [1.82, 2.24) is 20.1 Å². The fraction of sp³-hybridized carbons (Fsp3) is 0.474. The van der Waals surface area contributed by atoms with Gasteiger partial charge in [-0.2, -0.15) is 0 Å². The summed E-state index contributed by atoms with van der Waals surface area (Å²) >= 11 is 6.26. The first-order valence-corrected chi connectivity index (χ1v) is 9.24. The van der Waals surface area contributed by atoms with E-state index in [1.807, 2.05) is 42.9 Å². The molecule has 0 bridgehead atoms. The minimum atomic E-state index is -0.108. The Morgan fingerprint density at radius 3 is 2.65 bits per heavy atom. The average Bonchev–Trinajstić information content (AvgIpc) is 3.14. The quantitative estimate of drug-likeness (QED) is 0.840. The summed E-state index contributed by atoms with van der Waals surface area (Å²) in [5.74, 6) is -0.0539. The van der Waals surface area contributed by atoms with Gasteiger partial charge in [0.1, 0.15) is 5.69 Å². The summed E-state index contributed by atoms with van der Waals surface area (Å²) in [6.45, 7) is 0.564. The van der Waals surface area contributed by atoms with Crippen LogP contribution >= 0.6 is 11.6 Å². The third kappa shape index (κ3) is 3.57. The molecule has 2 N–H and O–H groups in total. The second-order valence-electron chi connectivity index (χ2n) is 6.90. The number of nitrogens with zero attached hydrogens (tertiary/aromatic N) is 2. The molecule has 1 saturated heterocycles. The van der Waals surface area contributed by atoms with Crippen LogP contribution in [0.2, 0.25) is 5.02 Å². The van der Waals surface area contributed by atoms with Crippen molar-refractivity contribution in [2.75, 3.05) is 20.6 Å². The molecule has 1 aromatic heterocycles. The van der Waals surface area contributed by atoms with Crippen LogP contribution in [0.5, 0.6) is 0 Å². The molecule has 1 aromatic carbocycles. The van der Waals surface area contributed by atoms with Crippen LogP contribution in [0.15, 0.2) is 24.3 Å². The number of para-hydroxylation sites is 1. The molecule has 1 fully saturated rings. The number of carbonyl (C=O) groups is 2. The Kier molecular flexibility index (Phi) is 5.53. The maximum Gasteiger partial charge on any atom is 0.267 e. The molecule has 0 radical (unpaired) electrons. The van der Waals surface area contributed by atoms with E-state index in [1.54, 1.807) is 7.05 Å². The number of fused-ring (bicyclic) bond motifs is 1. The van der Waals surface area contributed by atoms with Crippen molar-refractivity contribution in [1.29, 1.82) is 0 Å². The molecular weight excluding hydrogens is 352 g/mol. The largest absolute Gasteiger partial charge is 0.359 e. The number of likely N-dealkylation sites (tertiary alicyclic amines) is 1. The molecule has 0 unspecified atom stereocenters. The number of amides is 2. The van der Waals surface area contributed by atoms with E-state index in [0.29, 0.717) is 23.7 Å². The van der Waals surface area contributed by atoms with Gasteiger partial charge in [0.05, 0.1) is 10.5 Å². The smallest absolute Gasteiger partial charge is 0.267 e. The zero-order valence-corrected chi connectivity index (χ0v) is 16.1. The number of hydrogen-bond acceptors (Lipinski definition) is 3. The monoisotopic (exact) mass is 376 g/mol.